The zero-order valence-electron chi connectivity index (χ0n) is 11.6. The van der Waals surface area contributed by atoms with Gasteiger partial charge in [0.25, 0.3) is 0 Å². The third kappa shape index (κ3) is 4.18. The molecule has 0 bridgehead atoms. The summed E-state index contributed by atoms with van der Waals surface area (Å²) in [6.07, 6.45) is 3.15. The van der Waals surface area contributed by atoms with Gasteiger partial charge in [-0.1, -0.05) is 0 Å². The zero-order chi connectivity index (χ0) is 13.8. The van der Waals surface area contributed by atoms with E-state index in [2.05, 4.69) is 6.92 Å². The summed E-state index contributed by atoms with van der Waals surface area (Å²) in [7, 11) is 0. The summed E-state index contributed by atoms with van der Waals surface area (Å²) in [5, 5.41) is 0. The molecule has 19 heavy (non-hydrogen) atoms. The van der Waals surface area contributed by atoms with Gasteiger partial charge < -0.3 is 15.2 Å². The minimum absolute atomic E-state index is 0.0214. The molecule has 1 heterocycles. The molecule has 3 unspecified atom stereocenters. The van der Waals surface area contributed by atoms with Crippen LogP contribution in [0.1, 0.15) is 32.3 Å². The quantitative estimate of drug-likeness (QED) is 0.892. The van der Waals surface area contributed by atoms with Gasteiger partial charge in [0.15, 0.2) is 0 Å². The largest absolute Gasteiger partial charge is 0.491 e. The highest BCUT2D eigenvalue weighted by molar-refractivity contribution is 5.34. The summed E-state index contributed by atoms with van der Waals surface area (Å²) in [6.45, 7) is 4.48. The van der Waals surface area contributed by atoms with E-state index in [1.807, 2.05) is 6.92 Å². The first kappa shape index (κ1) is 14.3. The fourth-order valence-electron chi connectivity index (χ4n) is 2.39. The third-order valence-corrected chi connectivity index (χ3v) is 3.31. The zero-order valence-corrected chi connectivity index (χ0v) is 11.6. The number of benzene rings is 1. The first-order valence-corrected chi connectivity index (χ1v) is 6.87. The molecule has 3 atom stereocenters. The monoisotopic (exact) mass is 267 g/mol. The Balaban J connectivity index is 1.98. The van der Waals surface area contributed by atoms with Crippen LogP contribution in [0.25, 0.3) is 0 Å². The van der Waals surface area contributed by atoms with Gasteiger partial charge in [0.05, 0.1) is 12.2 Å². The Morgan fingerprint density at radius 2 is 2.26 bits per heavy atom. The van der Waals surface area contributed by atoms with Crippen molar-refractivity contribution in [1.29, 1.82) is 0 Å². The molecule has 1 aromatic carbocycles. The predicted octanol–water partition coefficient (Wildman–Crippen LogP) is 2.66. The molecule has 106 valence electrons. The molecule has 0 radical (unpaired) electrons. The first-order valence-electron chi connectivity index (χ1n) is 6.87. The highest BCUT2D eigenvalue weighted by atomic mass is 19.1. The van der Waals surface area contributed by atoms with Gasteiger partial charge in [-0.05, 0) is 56.9 Å². The molecule has 3 nitrogen and oxygen atoms in total. The van der Waals surface area contributed by atoms with Crippen molar-refractivity contribution in [3.05, 3.63) is 29.6 Å². The maximum absolute atomic E-state index is 13.3. The number of hydrogen-bond acceptors (Lipinski definition) is 3. The van der Waals surface area contributed by atoms with Crippen LogP contribution in [0.3, 0.4) is 0 Å². The highest BCUT2D eigenvalue weighted by Crippen LogP contribution is 2.24. The summed E-state index contributed by atoms with van der Waals surface area (Å²) < 4.78 is 24.8. The normalized spacial score (nSPS) is 24.4. The van der Waals surface area contributed by atoms with Crippen LogP contribution < -0.4 is 10.5 Å². The number of ether oxygens (including phenoxy) is 2. The summed E-state index contributed by atoms with van der Waals surface area (Å²) in [6, 6.07) is 4.56. The molecule has 1 aliphatic heterocycles. The van der Waals surface area contributed by atoms with Crippen molar-refractivity contribution >= 4 is 0 Å². The second-order valence-corrected chi connectivity index (χ2v) is 5.39. The number of hydrogen-bond donors (Lipinski definition) is 1. The fraction of sp³-hybridized carbons (Fsp3) is 0.600. The van der Waals surface area contributed by atoms with Gasteiger partial charge in [-0.3, -0.25) is 0 Å². The van der Waals surface area contributed by atoms with Gasteiger partial charge in [-0.15, -0.1) is 0 Å². The van der Waals surface area contributed by atoms with Crippen LogP contribution in [0.2, 0.25) is 0 Å². The number of rotatable bonds is 5. The maximum Gasteiger partial charge on any atom is 0.123 e. The Morgan fingerprint density at radius 1 is 1.47 bits per heavy atom. The van der Waals surface area contributed by atoms with E-state index < -0.39 is 0 Å². The summed E-state index contributed by atoms with van der Waals surface area (Å²) in [5.74, 6) is 0.454. The molecule has 2 N–H and O–H groups in total. The Hall–Kier alpha value is -1.13. The molecular formula is C15H22FNO2. The molecule has 1 aliphatic rings. The van der Waals surface area contributed by atoms with Gasteiger partial charge in [0.2, 0.25) is 0 Å². The van der Waals surface area contributed by atoms with Crippen LogP contribution in [0, 0.1) is 5.82 Å². The van der Waals surface area contributed by atoms with E-state index in [4.69, 9.17) is 15.2 Å². The Morgan fingerprint density at radius 3 is 2.89 bits per heavy atom. The molecule has 0 aliphatic carbocycles. The van der Waals surface area contributed by atoms with Crippen LogP contribution in [0.4, 0.5) is 4.39 Å². The molecule has 4 heteroatoms. The lowest BCUT2D eigenvalue weighted by molar-refractivity contribution is 0.0262. The van der Waals surface area contributed by atoms with E-state index >= 15 is 0 Å². The third-order valence-electron chi connectivity index (χ3n) is 3.31. The summed E-state index contributed by atoms with van der Waals surface area (Å²) in [4.78, 5) is 0. The van der Waals surface area contributed by atoms with Crippen LogP contribution in [0.5, 0.6) is 5.75 Å². The van der Waals surface area contributed by atoms with Crippen molar-refractivity contribution in [3.8, 4) is 5.75 Å². The Kier molecular flexibility index (Phi) is 4.77. The van der Waals surface area contributed by atoms with Gasteiger partial charge in [0, 0.05) is 6.04 Å². The average molecular weight is 267 g/mol. The molecule has 1 saturated heterocycles. The van der Waals surface area contributed by atoms with Crippen molar-refractivity contribution in [2.45, 2.75) is 51.4 Å². The van der Waals surface area contributed by atoms with Crippen molar-refractivity contribution < 1.29 is 13.9 Å². The van der Waals surface area contributed by atoms with E-state index in [0.717, 1.165) is 18.4 Å². The summed E-state index contributed by atoms with van der Waals surface area (Å²) >= 11 is 0. The molecule has 0 amide bonds. The minimum Gasteiger partial charge on any atom is -0.491 e. The Labute approximate surface area is 113 Å². The van der Waals surface area contributed by atoms with Gasteiger partial charge in [-0.25, -0.2) is 4.39 Å². The van der Waals surface area contributed by atoms with Crippen LogP contribution >= 0.6 is 0 Å². The molecular weight excluding hydrogens is 245 g/mol. The molecule has 0 aromatic heterocycles. The fourth-order valence-corrected chi connectivity index (χ4v) is 2.39. The van der Waals surface area contributed by atoms with Crippen LogP contribution in [0.15, 0.2) is 18.2 Å². The van der Waals surface area contributed by atoms with E-state index in [1.165, 1.54) is 12.1 Å². The predicted molar refractivity (Wildman–Crippen MR) is 72.8 cm³/mol. The second kappa shape index (κ2) is 6.35. The van der Waals surface area contributed by atoms with E-state index in [0.29, 0.717) is 24.9 Å². The lowest BCUT2D eigenvalue weighted by atomic mass is 10.1. The highest BCUT2D eigenvalue weighted by Gasteiger charge is 2.22. The van der Waals surface area contributed by atoms with Crippen molar-refractivity contribution in [3.63, 3.8) is 0 Å². The topological polar surface area (TPSA) is 44.5 Å². The molecule has 1 aromatic rings. The SMILES string of the molecule is CC(N)Cc1cc(F)ccc1OCC1CCC(C)O1. The summed E-state index contributed by atoms with van der Waals surface area (Å²) in [5.41, 5.74) is 6.60. The van der Waals surface area contributed by atoms with E-state index in [-0.39, 0.29) is 18.0 Å². The van der Waals surface area contributed by atoms with Crippen molar-refractivity contribution in [2.24, 2.45) is 5.73 Å². The second-order valence-electron chi connectivity index (χ2n) is 5.39. The standard InChI is InChI=1S/C15H22FNO2/c1-10(17)7-12-8-13(16)4-6-15(12)18-9-14-5-3-11(2)19-14/h4,6,8,10-11,14H,3,5,7,9,17H2,1-2H3. The molecule has 2 rings (SSSR count). The van der Waals surface area contributed by atoms with E-state index in [9.17, 15) is 4.39 Å². The first-order chi connectivity index (χ1) is 9.04. The molecule has 1 fully saturated rings. The Bertz CT molecular complexity index is 423. The van der Waals surface area contributed by atoms with Gasteiger partial charge in [0.1, 0.15) is 18.2 Å². The van der Waals surface area contributed by atoms with E-state index in [1.54, 1.807) is 6.07 Å². The van der Waals surface area contributed by atoms with Crippen LogP contribution in [-0.4, -0.2) is 24.9 Å². The lowest BCUT2D eigenvalue weighted by Crippen LogP contribution is -2.21. The van der Waals surface area contributed by atoms with Crippen molar-refractivity contribution in [1.82, 2.24) is 0 Å². The number of nitrogens with two attached hydrogens (primary N) is 1. The van der Waals surface area contributed by atoms with Gasteiger partial charge in [-0.2, -0.15) is 0 Å². The average Bonchev–Trinajstić information content (AvgIpc) is 2.73. The van der Waals surface area contributed by atoms with Gasteiger partial charge >= 0.3 is 0 Å². The minimum atomic E-state index is -0.256. The number of halogens is 1. The molecule has 0 spiro atoms. The van der Waals surface area contributed by atoms with Crippen molar-refractivity contribution in [2.75, 3.05) is 6.61 Å². The maximum atomic E-state index is 13.3. The van der Waals surface area contributed by atoms with Crippen LogP contribution in [-0.2, 0) is 11.2 Å². The smallest absolute Gasteiger partial charge is 0.123 e. The lowest BCUT2D eigenvalue weighted by Gasteiger charge is -2.16. The molecule has 0 saturated carbocycles.